The van der Waals surface area contributed by atoms with E-state index in [0.717, 1.165) is 42.5 Å². The molecule has 1 aromatic rings. The van der Waals surface area contributed by atoms with Crippen LogP contribution in [0.25, 0.3) is 0 Å². The highest BCUT2D eigenvalue weighted by atomic mass is 35.5. The highest BCUT2D eigenvalue weighted by Gasteiger charge is 2.15. The van der Waals surface area contributed by atoms with Gasteiger partial charge in [0.1, 0.15) is 0 Å². The van der Waals surface area contributed by atoms with Gasteiger partial charge >= 0.3 is 0 Å². The van der Waals surface area contributed by atoms with Crippen molar-refractivity contribution in [2.75, 3.05) is 13.6 Å². The van der Waals surface area contributed by atoms with Crippen LogP contribution in [0.5, 0.6) is 0 Å². The van der Waals surface area contributed by atoms with Crippen LogP contribution in [0, 0.1) is 11.3 Å². The van der Waals surface area contributed by atoms with Gasteiger partial charge in [-0.15, -0.1) is 0 Å². The quantitative estimate of drug-likeness (QED) is 0.783. The van der Waals surface area contributed by atoms with Crippen LogP contribution in [0.3, 0.4) is 0 Å². The molecule has 0 aromatic carbocycles. The predicted octanol–water partition coefficient (Wildman–Crippen LogP) is 2.46. The maximum absolute atomic E-state index is 8.56. The van der Waals surface area contributed by atoms with E-state index in [0.29, 0.717) is 6.42 Å². The summed E-state index contributed by atoms with van der Waals surface area (Å²) in [5.41, 5.74) is 2.00. The van der Waals surface area contributed by atoms with Crippen LogP contribution < -0.4 is 0 Å². The lowest BCUT2D eigenvalue weighted by atomic mass is 10.3. The predicted molar refractivity (Wildman–Crippen MR) is 68.9 cm³/mol. The van der Waals surface area contributed by atoms with E-state index in [-0.39, 0.29) is 0 Å². The van der Waals surface area contributed by atoms with Gasteiger partial charge in [0.2, 0.25) is 0 Å². The Balaban J connectivity index is 2.82. The molecule has 0 unspecified atom stereocenters. The highest BCUT2D eigenvalue weighted by molar-refractivity contribution is 6.31. The number of aromatic nitrogens is 2. The van der Waals surface area contributed by atoms with Gasteiger partial charge in [-0.25, -0.2) is 0 Å². The largest absolute Gasteiger partial charge is 0.299 e. The highest BCUT2D eigenvalue weighted by Crippen LogP contribution is 2.22. The second-order valence-electron chi connectivity index (χ2n) is 4.02. The van der Waals surface area contributed by atoms with E-state index in [1.165, 1.54) is 0 Å². The molecule has 0 N–H and O–H groups in total. The monoisotopic (exact) mass is 254 g/mol. The SMILES string of the molecule is CCc1nn(CC)c(CN(C)CCC#N)c1Cl. The first kappa shape index (κ1) is 14.0. The molecule has 0 aliphatic carbocycles. The third-order valence-electron chi connectivity index (χ3n) is 2.72. The molecule has 0 fully saturated rings. The van der Waals surface area contributed by atoms with Gasteiger partial charge in [0, 0.05) is 26.1 Å². The molecule has 1 heterocycles. The molecule has 17 heavy (non-hydrogen) atoms. The van der Waals surface area contributed by atoms with Gasteiger partial charge in [0.15, 0.2) is 0 Å². The zero-order chi connectivity index (χ0) is 12.8. The Kier molecular flexibility index (Phi) is 5.46. The minimum atomic E-state index is 0.537. The van der Waals surface area contributed by atoms with Crippen LogP contribution in [0.15, 0.2) is 0 Å². The second kappa shape index (κ2) is 6.63. The molecular formula is C12H19ClN4. The van der Waals surface area contributed by atoms with Crippen molar-refractivity contribution in [3.8, 4) is 6.07 Å². The first-order chi connectivity index (χ1) is 8.13. The summed E-state index contributed by atoms with van der Waals surface area (Å²) in [5, 5.41) is 13.8. The first-order valence-corrected chi connectivity index (χ1v) is 6.31. The van der Waals surface area contributed by atoms with Crippen molar-refractivity contribution >= 4 is 11.6 Å². The number of hydrogen-bond acceptors (Lipinski definition) is 3. The standard InChI is InChI=1S/C12H19ClN4/c1-4-10-12(13)11(17(5-2)15-10)9-16(3)8-6-7-14/h4-6,8-9H2,1-3H3. The summed E-state index contributed by atoms with van der Waals surface area (Å²) in [5.74, 6) is 0. The molecule has 5 heteroatoms. The van der Waals surface area contributed by atoms with Crippen molar-refractivity contribution in [1.82, 2.24) is 14.7 Å². The van der Waals surface area contributed by atoms with Crippen LogP contribution >= 0.6 is 11.6 Å². The smallest absolute Gasteiger partial charge is 0.0863 e. The Morgan fingerprint density at radius 1 is 1.47 bits per heavy atom. The normalized spacial score (nSPS) is 10.8. The van der Waals surface area contributed by atoms with Crippen LogP contribution in [0.4, 0.5) is 0 Å². The number of hydrogen-bond donors (Lipinski definition) is 0. The molecule has 0 spiro atoms. The first-order valence-electron chi connectivity index (χ1n) is 5.93. The molecule has 0 saturated heterocycles. The zero-order valence-electron chi connectivity index (χ0n) is 10.7. The van der Waals surface area contributed by atoms with E-state index in [1.807, 2.05) is 11.7 Å². The molecule has 0 atom stereocenters. The number of aryl methyl sites for hydroxylation is 2. The number of halogens is 1. The van der Waals surface area contributed by atoms with Crippen molar-refractivity contribution < 1.29 is 0 Å². The van der Waals surface area contributed by atoms with Gasteiger partial charge in [0.05, 0.1) is 22.5 Å². The maximum Gasteiger partial charge on any atom is 0.0863 e. The molecule has 94 valence electrons. The maximum atomic E-state index is 8.56. The van der Waals surface area contributed by atoms with Crippen molar-refractivity contribution in [3.63, 3.8) is 0 Å². The van der Waals surface area contributed by atoms with Gasteiger partial charge in [0.25, 0.3) is 0 Å². The van der Waals surface area contributed by atoms with Crippen LogP contribution in [0.1, 0.15) is 31.7 Å². The van der Waals surface area contributed by atoms with Crippen LogP contribution in [-0.2, 0) is 19.5 Å². The molecule has 0 radical (unpaired) electrons. The molecular weight excluding hydrogens is 236 g/mol. The lowest BCUT2D eigenvalue weighted by Gasteiger charge is -2.15. The van der Waals surface area contributed by atoms with Crippen LogP contribution in [0.2, 0.25) is 5.02 Å². The Hall–Kier alpha value is -1.05. The summed E-state index contributed by atoms with van der Waals surface area (Å²) in [6.07, 6.45) is 1.38. The third kappa shape index (κ3) is 3.45. The molecule has 0 saturated carbocycles. The average Bonchev–Trinajstić information content (AvgIpc) is 2.63. The molecule has 1 rings (SSSR count). The molecule has 0 bridgehead atoms. The van der Waals surface area contributed by atoms with Gasteiger partial charge in [-0.2, -0.15) is 10.4 Å². The topological polar surface area (TPSA) is 44.9 Å². The van der Waals surface area contributed by atoms with E-state index in [1.54, 1.807) is 0 Å². The molecule has 1 aromatic heterocycles. The summed E-state index contributed by atoms with van der Waals surface area (Å²) in [6.45, 7) is 6.42. The van der Waals surface area contributed by atoms with Gasteiger partial charge in [-0.3, -0.25) is 9.58 Å². The van der Waals surface area contributed by atoms with Gasteiger partial charge < -0.3 is 0 Å². The van der Waals surface area contributed by atoms with Gasteiger partial charge in [-0.1, -0.05) is 18.5 Å². The number of nitrogens with zero attached hydrogens (tertiary/aromatic N) is 4. The Morgan fingerprint density at radius 2 is 2.18 bits per heavy atom. The lowest BCUT2D eigenvalue weighted by molar-refractivity contribution is 0.322. The minimum Gasteiger partial charge on any atom is -0.299 e. The van der Waals surface area contributed by atoms with Crippen molar-refractivity contribution in [1.29, 1.82) is 5.26 Å². The summed E-state index contributed by atoms with van der Waals surface area (Å²) < 4.78 is 1.95. The minimum absolute atomic E-state index is 0.537. The van der Waals surface area contributed by atoms with E-state index in [4.69, 9.17) is 16.9 Å². The van der Waals surface area contributed by atoms with Crippen molar-refractivity contribution in [3.05, 3.63) is 16.4 Å². The van der Waals surface area contributed by atoms with Gasteiger partial charge in [-0.05, 0) is 20.4 Å². The third-order valence-corrected chi connectivity index (χ3v) is 3.16. The second-order valence-corrected chi connectivity index (χ2v) is 4.40. The van der Waals surface area contributed by atoms with E-state index < -0.39 is 0 Å². The Labute approximate surface area is 108 Å². The van der Waals surface area contributed by atoms with Crippen LogP contribution in [-0.4, -0.2) is 28.3 Å². The van der Waals surface area contributed by atoms with E-state index >= 15 is 0 Å². The van der Waals surface area contributed by atoms with Crippen molar-refractivity contribution in [2.24, 2.45) is 0 Å². The fourth-order valence-corrected chi connectivity index (χ4v) is 2.07. The Bertz CT molecular complexity index is 405. The van der Waals surface area contributed by atoms with E-state index in [9.17, 15) is 0 Å². The fraction of sp³-hybridized carbons (Fsp3) is 0.667. The fourth-order valence-electron chi connectivity index (χ4n) is 1.74. The zero-order valence-corrected chi connectivity index (χ0v) is 11.5. The number of nitriles is 1. The summed E-state index contributed by atoms with van der Waals surface area (Å²) in [7, 11) is 1.99. The van der Waals surface area contributed by atoms with Crippen molar-refractivity contribution in [2.45, 2.75) is 39.8 Å². The average molecular weight is 255 g/mol. The number of rotatable bonds is 6. The molecule has 0 aliphatic heterocycles. The lowest BCUT2D eigenvalue weighted by Crippen LogP contribution is -2.21. The molecule has 0 aliphatic rings. The van der Waals surface area contributed by atoms with E-state index in [2.05, 4.69) is 29.9 Å². The Morgan fingerprint density at radius 3 is 2.71 bits per heavy atom. The summed E-state index contributed by atoms with van der Waals surface area (Å²) >= 11 is 6.31. The summed E-state index contributed by atoms with van der Waals surface area (Å²) in [6, 6.07) is 2.15. The molecule has 0 amide bonds. The summed E-state index contributed by atoms with van der Waals surface area (Å²) in [4.78, 5) is 2.09. The molecule has 4 nitrogen and oxygen atoms in total.